The molecule has 0 saturated carbocycles. The number of rotatable bonds is 22. The molecule has 0 spiro atoms. The average molecular weight is 1260 g/mol. The molecule has 488 valence electrons. The second-order valence-corrected chi connectivity index (χ2v) is 23.3. The molecule has 3 saturated heterocycles. The number of amides is 7. The fourth-order valence-corrected chi connectivity index (χ4v) is 11.5. The average Bonchev–Trinajstić information content (AvgIpc) is 2.83. The van der Waals surface area contributed by atoms with Gasteiger partial charge in [-0.05, 0) is 93.2 Å². The van der Waals surface area contributed by atoms with Crippen LogP contribution in [0.4, 0.5) is 0 Å². The number of aromatic hydroxyl groups is 1. The highest BCUT2D eigenvalue weighted by Crippen LogP contribution is 2.33. The number of hydrogen-bond acceptors (Lipinski definition) is 22. The Morgan fingerprint density at radius 2 is 1.35 bits per heavy atom. The van der Waals surface area contributed by atoms with Gasteiger partial charge in [0, 0.05) is 81.8 Å². The molecule has 28 nitrogen and oxygen atoms in total. The van der Waals surface area contributed by atoms with Crippen LogP contribution in [0.25, 0.3) is 21.1 Å². The third-order valence-electron chi connectivity index (χ3n) is 15.5. The van der Waals surface area contributed by atoms with Gasteiger partial charge in [-0.15, -0.1) is 10.2 Å². The molecule has 3 fully saturated rings. The molecular formula is C60H85N11O17S. The van der Waals surface area contributed by atoms with Crippen LogP contribution in [0, 0.1) is 5.92 Å². The van der Waals surface area contributed by atoms with E-state index in [1.165, 1.54) is 48.6 Å². The van der Waals surface area contributed by atoms with E-state index in [4.69, 9.17) is 25.7 Å². The lowest BCUT2D eigenvalue weighted by atomic mass is 9.98. The van der Waals surface area contributed by atoms with Crippen molar-refractivity contribution in [3.63, 3.8) is 0 Å². The predicted molar refractivity (Wildman–Crippen MR) is 325 cm³/mol. The van der Waals surface area contributed by atoms with Gasteiger partial charge >= 0.3 is 0 Å². The van der Waals surface area contributed by atoms with Gasteiger partial charge in [0.2, 0.25) is 35.4 Å². The van der Waals surface area contributed by atoms with Crippen LogP contribution in [0.2, 0.25) is 0 Å². The summed E-state index contributed by atoms with van der Waals surface area (Å²) in [4.78, 5) is 103. The highest BCUT2D eigenvalue weighted by Gasteiger charge is 2.50. The third kappa shape index (κ3) is 18.6. The summed E-state index contributed by atoms with van der Waals surface area (Å²) in [6.07, 6.45) is -7.85. The molecule has 1 aromatic heterocycles. The maximum absolute atomic E-state index is 14.7. The van der Waals surface area contributed by atoms with Gasteiger partial charge in [-0.2, -0.15) is 0 Å². The molecule has 4 heterocycles. The van der Waals surface area contributed by atoms with E-state index in [1.54, 1.807) is 19.2 Å². The Bertz CT molecular complexity index is 3010. The Kier molecular flexibility index (Phi) is 26.5. The summed E-state index contributed by atoms with van der Waals surface area (Å²) in [7, 11) is 1.69. The van der Waals surface area contributed by atoms with Gasteiger partial charge in [0.1, 0.15) is 58.6 Å². The molecule has 89 heavy (non-hydrogen) atoms. The third-order valence-corrected chi connectivity index (χ3v) is 16.5. The number of aromatic nitrogens is 2. The monoisotopic (exact) mass is 1260 g/mol. The van der Waals surface area contributed by atoms with Crippen molar-refractivity contribution in [2.45, 2.75) is 146 Å². The Balaban J connectivity index is 0.0000126. The minimum Gasteiger partial charge on any atom is -0.504 e. The highest BCUT2D eigenvalue weighted by molar-refractivity contribution is 7.17. The maximum atomic E-state index is 14.7. The largest absolute Gasteiger partial charge is 0.504 e. The van der Waals surface area contributed by atoms with Gasteiger partial charge in [-0.25, -0.2) is 0 Å². The summed E-state index contributed by atoms with van der Waals surface area (Å²) in [6.45, 7) is 2.38. The molecule has 7 rings (SSSR count). The fourth-order valence-electron chi connectivity index (χ4n) is 10.6. The Morgan fingerprint density at radius 1 is 0.719 bits per heavy atom. The van der Waals surface area contributed by atoms with E-state index in [1.807, 2.05) is 24.3 Å². The lowest BCUT2D eigenvalue weighted by molar-refractivity contribution is -0.147. The van der Waals surface area contributed by atoms with E-state index in [-0.39, 0.29) is 62.7 Å². The number of unbranched alkanes of at least 4 members (excludes halogenated alkanes) is 3. The Morgan fingerprint density at radius 3 is 1.99 bits per heavy atom. The highest BCUT2D eigenvalue weighted by atomic mass is 32.1. The smallest absolute Gasteiger partial charge is 0.251 e. The number of aliphatic hydroxyl groups is 6. The molecule has 0 radical (unpaired) electrons. The van der Waals surface area contributed by atoms with E-state index in [2.05, 4.69) is 36.8 Å². The molecule has 13 atom stereocenters. The van der Waals surface area contributed by atoms with E-state index < -0.39 is 152 Å². The van der Waals surface area contributed by atoms with Crippen molar-refractivity contribution in [1.82, 2.24) is 46.6 Å². The van der Waals surface area contributed by atoms with Crippen molar-refractivity contribution in [3.05, 3.63) is 77.9 Å². The molecule has 29 heteroatoms. The van der Waals surface area contributed by atoms with Crippen LogP contribution < -0.4 is 47.5 Å². The van der Waals surface area contributed by atoms with E-state index in [0.29, 0.717) is 22.2 Å². The van der Waals surface area contributed by atoms with E-state index in [0.717, 1.165) is 60.3 Å². The number of nitrogens with zero attached hydrogens (tertiary/aromatic N) is 4. The van der Waals surface area contributed by atoms with Gasteiger partial charge < -0.3 is 97.8 Å². The number of nitrogens with two attached hydrogens (primary N) is 2. The summed E-state index contributed by atoms with van der Waals surface area (Å²) in [5, 5.41) is 101. The van der Waals surface area contributed by atoms with Gasteiger partial charge in [0.25, 0.3) is 5.91 Å². The van der Waals surface area contributed by atoms with Crippen molar-refractivity contribution >= 4 is 52.7 Å². The van der Waals surface area contributed by atoms with Gasteiger partial charge in [0.15, 0.2) is 11.5 Å². The van der Waals surface area contributed by atoms with Crippen molar-refractivity contribution in [2.75, 3.05) is 59.7 Å². The van der Waals surface area contributed by atoms with Crippen LogP contribution in [0.15, 0.2) is 66.7 Å². The zero-order chi connectivity index (χ0) is 63.8. The Hall–Kier alpha value is -7.45. The van der Waals surface area contributed by atoms with Crippen LogP contribution in [0.1, 0.15) is 82.1 Å². The van der Waals surface area contributed by atoms with Gasteiger partial charge in [-0.3, -0.25) is 33.6 Å². The number of hydrogen-bond donors (Lipinski definition) is 14. The van der Waals surface area contributed by atoms with E-state index in [9.17, 15) is 69.3 Å². The van der Waals surface area contributed by atoms with Crippen LogP contribution in [-0.4, -0.2) is 230 Å². The SMILES string of the molecule is C.COCCCCCCOc1ccc(-c2nnc(-c3ccc(C(=O)N[C@H]4C[C@@H](O)CNC(=O)[C@@H]5[C@@H](O)[C@@H](C)CN5C(=O)[C@H]([C@H](O)CCN)NC(=O)[C@H]([C@H](O)Cc5ccc(O)c(OCCN)c5)NC(=O)[C@@H]5C[C@@H](O)CN5C(=O)[C@H]([C@@H](C)O)NC4=O)cc3)s2)cc1. The predicted octanol–water partition coefficient (Wildman–Crippen LogP) is -1.57. The summed E-state index contributed by atoms with van der Waals surface area (Å²) < 4.78 is 16.5. The number of β-amino-alcohol motifs (C(OH)–C–C–N with tert-alkyl or cyclic N) is 1. The summed E-state index contributed by atoms with van der Waals surface area (Å²) in [5.74, 6) is -7.95. The number of benzene rings is 3. The number of fused-ring (bicyclic) bond motifs is 2. The molecule has 4 aromatic rings. The second kappa shape index (κ2) is 33.4. The lowest BCUT2D eigenvalue weighted by Crippen LogP contribution is -2.64. The normalized spacial score (nSPS) is 25.0. The number of phenolic OH excluding ortho intramolecular Hbond substituents is 1. The molecule has 7 amide bonds. The number of carbonyl (C=O) groups is 7. The number of phenols is 1. The summed E-state index contributed by atoms with van der Waals surface area (Å²) in [5.41, 5.74) is 13.1. The lowest BCUT2D eigenvalue weighted by Gasteiger charge is -2.34. The molecule has 3 aliphatic rings. The molecular weight excluding hydrogens is 1180 g/mol. The fraction of sp³-hybridized carbons (Fsp3) is 0.550. The van der Waals surface area contributed by atoms with Crippen LogP contribution in [-0.2, 0) is 39.9 Å². The Labute approximate surface area is 519 Å². The first kappa shape index (κ1) is 70.6. The van der Waals surface area contributed by atoms with Crippen LogP contribution in [0.3, 0.4) is 0 Å². The second-order valence-electron chi connectivity index (χ2n) is 22.3. The molecule has 16 N–H and O–H groups in total. The number of ether oxygens (including phenoxy) is 3. The first-order valence-corrected chi connectivity index (χ1v) is 30.1. The maximum Gasteiger partial charge on any atom is 0.251 e. The summed E-state index contributed by atoms with van der Waals surface area (Å²) in [6, 6.07) is 6.64. The van der Waals surface area contributed by atoms with Gasteiger partial charge in [-0.1, -0.05) is 50.3 Å². The molecule has 3 aromatic carbocycles. The van der Waals surface area contributed by atoms with E-state index >= 15 is 0 Å². The van der Waals surface area contributed by atoms with Crippen LogP contribution >= 0.6 is 11.3 Å². The number of carbonyl (C=O) groups excluding carboxylic acids is 7. The van der Waals surface area contributed by atoms with Crippen molar-refractivity contribution in [3.8, 4) is 38.4 Å². The number of aliphatic hydroxyl groups excluding tert-OH is 6. The minimum atomic E-state index is -2.04. The first-order valence-electron chi connectivity index (χ1n) is 29.3. The van der Waals surface area contributed by atoms with Crippen molar-refractivity contribution in [1.29, 1.82) is 0 Å². The van der Waals surface area contributed by atoms with Crippen LogP contribution in [0.5, 0.6) is 17.2 Å². The molecule has 3 aliphatic heterocycles. The topological polar surface area (TPSA) is 433 Å². The molecule has 0 aliphatic carbocycles. The molecule has 0 unspecified atom stereocenters. The molecule has 0 bridgehead atoms. The summed E-state index contributed by atoms with van der Waals surface area (Å²) >= 11 is 1.30. The van der Waals surface area contributed by atoms with Crippen molar-refractivity contribution < 1.29 is 83.5 Å². The minimum absolute atomic E-state index is 0. The van der Waals surface area contributed by atoms with Crippen molar-refractivity contribution in [2.24, 2.45) is 17.4 Å². The van der Waals surface area contributed by atoms with Gasteiger partial charge in [0.05, 0.1) is 43.2 Å². The number of nitrogens with one attached hydrogen (secondary N) is 5. The standard InChI is InChI=1S/C59H81N11O17S.CH4/c1-31-29-70-49(50(31)77)55(82)62-28-37(72)26-40(63-51(78)34-9-11-35(12-10-34)56-67-68-57(88-56)36-13-15-39(16-14-36)86-22-7-5-4-6-21-85-3)52(79)64-46(32(2)71)58(83)69-30-38(73)27-41(69)53(80)65-47(54(81)66-48(59(70)84)43(75)18-19-60)44(76)24-33-8-17-42(74)45(25-33)87-23-20-61;/h8-17,25,31-32,37-38,40-41,43-44,46-50,71-77H,4-7,18-24,26-30,60-61H2,1-3H3,(H,62,82)(H,63,78)(H,64,79)(H,65,80)(H,66,81);1H4/t31-,32+,37+,38+,40-,41-,43+,44+,46-,47-,48-,49-,50-;/m0./s1. The first-order chi connectivity index (χ1) is 42.1. The quantitative estimate of drug-likeness (QED) is 0.0396. The zero-order valence-electron chi connectivity index (χ0n) is 49.2. The zero-order valence-corrected chi connectivity index (χ0v) is 50.1. The number of methoxy groups -OCH3 is 1.